The summed E-state index contributed by atoms with van der Waals surface area (Å²) in [7, 11) is 0. The summed E-state index contributed by atoms with van der Waals surface area (Å²) in [6.45, 7) is 5.54. The fourth-order valence-corrected chi connectivity index (χ4v) is 3.02. The molecule has 0 spiro atoms. The van der Waals surface area contributed by atoms with E-state index in [2.05, 4.69) is 6.58 Å². The molecule has 2 aromatic carbocycles. The zero-order valence-electron chi connectivity index (χ0n) is 13.5. The molecule has 4 nitrogen and oxygen atoms in total. The van der Waals surface area contributed by atoms with Gasteiger partial charge in [0.2, 0.25) is 0 Å². The van der Waals surface area contributed by atoms with E-state index in [0.717, 1.165) is 23.8 Å². The summed E-state index contributed by atoms with van der Waals surface area (Å²) in [5.41, 5.74) is -0.153. The second kappa shape index (κ2) is 8.01. The van der Waals surface area contributed by atoms with Crippen LogP contribution in [-0.2, 0) is 6.18 Å². The fourth-order valence-electron chi connectivity index (χ4n) is 1.91. The quantitative estimate of drug-likeness (QED) is 0.232. The SMILES string of the molecule is C=C(C)CSc1cc(Oc2ccc(C(F)(F)F)cc2Cl)ccc1[N+](=O)[O-]. The first-order chi connectivity index (χ1) is 12.1. The zero-order chi connectivity index (χ0) is 19.5. The monoisotopic (exact) mass is 403 g/mol. The Morgan fingerprint density at radius 3 is 2.54 bits per heavy atom. The van der Waals surface area contributed by atoms with E-state index in [-0.39, 0.29) is 22.2 Å². The highest BCUT2D eigenvalue weighted by molar-refractivity contribution is 7.99. The molecule has 0 aliphatic rings. The van der Waals surface area contributed by atoms with Crippen molar-refractivity contribution in [2.45, 2.75) is 18.0 Å². The lowest BCUT2D eigenvalue weighted by Gasteiger charge is -2.12. The van der Waals surface area contributed by atoms with E-state index in [1.54, 1.807) is 6.92 Å². The van der Waals surface area contributed by atoms with Crippen LogP contribution in [0, 0.1) is 10.1 Å². The van der Waals surface area contributed by atoms with Crippen LogP contribution in [0.3, 0.4) is 0 Å². The first-order valence-electron chi connectivity index (χ1n) is 7.18. The fraction of sp³-hybridized carbons (Fsp3) is 0.176. The van der Waals surface area contributed by atoms with Gasteiger partial charge in [0.05, 0.1) is 20.4 Å². The topological polar surface area (TPSA) is 52.4 Å². The molecule has 9 heteroatoms. The number of hydrogen-bond acceptors (Lipinski definition) is 4. The number of rotatable bonds is 6. The van der Waals surface area contributed by atoms with Crippen molar-refractivity contribution < 1.29 is 22.8 Å². The number of benzene rings is 2. The maximum absolute atomic E-state index is 12.7. The van der Waals surface area contributed by atoms with Crippen LogP contribution in [0.1, 0.15) is 12.5 Å². The summed E-state index contributed by atoms with van der Waals surface area (Å²) in [6.07, 6.45) is -4.51. The van der Waals surface area contributed by atoms with Crippen LogP contribution in [0.2, 0.25) is 5.02 Å². The number of nitro groups is 1. The average molecular weight is 404 g/mol. The minimum absolute atomic E-state index is 0.0179. The minimum atomic E-state index is -4.51. The number of halogens is 4. The molecule has 0 bridgehead atoms. The number of nitrogens with zero attached hydrogens (tertiary/aromatic N) is 1. The molecular formula is C17H13ClF3NO3S. The minimum Gasteiger partial charge on any atom is -0.456 e. The van der Waals surface area contributed by atoms with Gasteiger partial charge in [0.1, 0.15) is 11.5 Å². The van der Waals surface area contributed by atoms with E-state index >= 15 is 0 Å². The number of ether oxygens (including phenoxy) is 1. The Bertz CT molecular complexity index is 856. The van der Waals surface area contributed by atoms with E-state index in [0.29, 0.717) is 10.6 Å². The Morgan fingerprint density at radius 1 is 1.31 bits per heavy atom. The first-order valence-corrected chi connectivity index (χ1v) is 8.54. The summed E-state index contributed by atoms with van der Waals surface area (Å²) >= 11 is 7.07. The predicted octanol–water partition coefficient (Wildman–Crippen LogP) is 6.73. The van der Waals surface area contributed by atoms with Crippen molar-refractivity contribution in [2.24, 2.45) is 0 Å². The molecule has 26 heavy (non-hydrogen) atoms. The highest BCUT2D eigenvalue weighted by Crippen LogP contribution is 2.38. The van der Waals surface area contributed by atoms with Gasteiger partial charge in [-0.1, -0.05) is 23.8 Å². The molecule has 0 amide bonds. The summed E-state index contributed by atoms with van der Waals surface area (Å²) < 4.78 is 43.5. The van der Waals surface area contributed by atoms with Gasteiger partial charge in [0, 0.05) is 17.9 Å². The molecule has 0 saturated carbocycles. The summed E-state index contributed by atoms with van der Waals surface area (Å²) in [4.78, 5) is 11.0. The molecule has 0 saturated heterocycles. The van der Waals surface area contributed by atoms with Crippen molar-refractivity contribution >= 4 is 29.1 Å². The molecule has 2 rings (SSSR count). The van der Waals surface area contributed by atoms with Gasteiger partial charge in [-0.15, -0.1) is 11.8 Å². The summed E-state index contributed by atoms with van der Waals surface area (Å²) in [5, 5.41) is 10.9. The van der Waals surface area contributed by atoms with E-state index < -0.39 is 16.7 Å². The van der Waals surface area contributed by atoms with Gasteiger partial charge in [0.15, 0.2) is 0 Å². The van der Waals surface area contributed by atoms with E-state index in [4.69, 9.17) is 16.3 Å². The zero-order valence-corrected chi connectivity index (χ0v) is 15.0. The molecule has 138 valence electrons. The number of thioether (sulfide) groups is 1. The van der Waals surface area contributed by atoms with E-state index in [9.17, 15) is 23.3 Å². The van der Waals surface area contributed by atoms with Crippen molar-refractivity contribution in [1.29, 1.82) is 0 Å². The van der Waals surface area contributed by atoms with Gasteiger partial charge in [-0.2, -0.15) is 13.2 Å². The first kappa shape index (κ1) is 20.1. The predicted molar refractivity (Wildman–Crippen MR) is 95.2 cm³/mol. The molecular weight excluding hydrogens is 391 g/mol. The van der Waals surface area contributed by atoms with Gasteiger partial charge in [-0.3, -0.25) is 10.1 Å². The smallest absolute Gasteiger partial charge is 0.416 e. The summed E-state index contributed by atoms with van der Waals surface area (Å²) in [6, 6.07) is 6.79. The standard InChI is InChI=1S/C17H13ClF3NO3S/c1-10(2)9-26-16-8-12(4-5-14(16)22(23)24)25-15-6-3-11(7-13(15)18)17(19,20)21/h3-8H,1,9H2,2H3. The lowest BCUT2D eigenvalue weighted by molar-refractivity contribution is -0.387. The average Bonchev–Trinajstić information content (AvgIpc) is 2.53. The third-order valence-corrected chi connectivity index (χ3v) is 4.66. The molecule has 0 heterocycles. The Balaban J connectivity index is 2.30. The van der Waals surface area contributed by atoms with Crippen LogP contribution in [0.4, 0.5) is 18.9 Å². The molecule has 0 aliphatic heterocycles. The second-order valence-corrected chi connectivity index (χ2v) is 6.80. The van der Waals surface area contributed by atoms with Gasteiger partial charge < -0.3 is 4.74 Å². The molecule has 0 atom stereocenters. The normalized spacial score (nSPS) is 11.3. The number of alkyl halides is 3. The third-order valence-electron chi connectivity index (χ3n) is 3.09. The van der Waals surface area contributed by atoms with Crippen LogP contribution in [0.15, 0.2) is 53.4 Å². The highest BCUT2D eigenvalue weighted by Gasteiger charge is 2.31. The third kappa shape index (κ3) is 5.15. The second-order valence-electron chi connectivity index (χ2n) is 5.38. The van der Waals surface area contributed by atoms with Crippen LogP contribution < -0.4 is 4.74 Å². The van der Waals surface area contributed by atoms with Crippen LogP contribution in [0.5, 0.6) is 11.5 Å². The molecule has 2 aromatic rings. The Morgan fingerprint density at radius 2 is 2.00 bits per heavy atom. The van der Waals surface area contributed by atoms with Crippen LogP contribution in [-0.4, -0.2) is 10.7 Å². The molecule has 0 aromatic heterocycles. The van der Waals surface area contributed by atoms with Gasteiger partial charge in [-0.05, 0) is 31.2 Å². The molecule has 0 fully saturated rings. The maximum Gasteiger partial charge on any atom is 0.416 e. The van der Waals surface area contributed by atoms with Gasteiger partial charge in [-0.25, -0.2) is 0 Å². The molecule has 0 unspecified atom stereocenters. The van der Waals surface area contributed by atoms with E-state index in [1.807, 2.05) is 0 Å². The van der Waals surface area contributed by atoms with Crippen LogP contribution in [0.25, 0.3) is 0 Å². The van der Waals surface area contributed by atoms with Crippen molar-refractivity contribution in [2.75, 3.05) is 5.75 Å². The molecule has 0 N–H and O–H groups in total. The van der Waals surface area contributed by atoms with Crippen molar-refractivity contribution in [1.82, 2.24) is 0 Å². The molecule has 0 radical (unpaired) electrons. The maximum atomic E-state index is 12.7. The van der Waals surface area contributed by atoms with Crippen molar-refractivity contribution in [3.05, 3.63) is 69.3 Å². The number of hydrogen-bond donors (Lipinski definition) is 0. The Kier molecular flexibility index (Phi) is 6.20. The lowest BCUT2D eigenvalue weighted by atomic mass is 10.2. The largest absolute Gasteiger partial charge is 0.456 e. The van der Waals surface area contributed by atoms with Gasteiger partial charge >= 0.3 is 6.18 Å². The summed E-state index contributed by atoms with van der Waals surface area (Å²) in [5.74, 6) is 0.719. The lowest BCUT2D eigenvalue weighted by Crippen LogP contribution is -2.04. The number of nitro benzene ring substituents is 1. The van der Waals surface area contributed by atoms with Crippen LogP contribution >= 0.6 is 23.4 Å². The Hall–Kier alpha value is -2.19. The Labute approximate surface area is 156 Å². The van der Waals surface area contributed by atoms with E-state index in [1.165, 1.54) is 30.0 Å². The van der Waals surface area contributed by atoms with Gasteiger partial charge in [0.25, 0.3) is 5.69 Å². The molecule has 0 aliphatic carbocycles. The van der Waals surface area contributed by atoms with Crippen molar-refractivity contribution in [3.63, 3.8) is 0 Å². The van der Waals surface area contributed by atoms with Crippen molar-refractivity contribution in [3.8, 4) is 11.5 Å². The highest BCUT2D eigenvalue weighted by atomic mass is 35.5.